The zero-order valence-electron chi connectivity index (χ0n) is 15.5. The molecule has 0 bridgehead atoms. The molecule has 0 spiro atoms. The van der Waals surface area contributed by atoms with Crippen LogP contribution in [0.3, 0.4) is 0 Å². The minimum Gasteiger partial charge on any atom is -0.497 e. The van der Waals surface area contributed by atoms with E-state index in [2.05, 4.69) is 0 Å². The van der Waals surface area contributed by atoms with Crippen LogP contribution in [0.1, 0.15) is 31.2 Å². The molecule has 2 amide bonds. The van der Waals surface area contributed by atoms with E-state index >= 15 is 0 Å². The summed E-state index contributed by atoms with van der Waals surface area (Å²) in [5.41, 5.74) is 0.830. The first-order valence-electron chi connectivity index (χ1n) is 8.73. The molecule has 0 aliphatic carbocycles. The van der Waals surface area contributed by atoms with Crippen LogP contribution in [0.25, 0.3) is 0 Å². The number of carbonyl (C=O) groups excluding carboxylic acids is 2. The van der Waals surface area contributed by atoms with Gasteiger partial charge in [-0.25, -0.2) is 0 Å². The Kier molecular flexibility index (Phi) is 6.60. The van der Waals surface area contributed by atoms with Gasteiger partial charge in [0.2, 0.25) is 11.8 Å². The van der Waals surface area contributed by atoms with Gasteiger partial charge in [-0.2, -0.15) is 0 Å². The molecule has 1 aromatic carbocycles. The molecule has 0 radical (unpaired) electrons. The SMILES string of the molecule is COc1cccc(C(C)C(=O)N(C)CC(=O)N2CCC(C(=O)O)CC2)c1. The molecular weight excluding hydrogens is 336 g/mol. The highest BCUT2D eigenvalue weighted by atomic mass is 16.5. The molecule has 1 atom stereocenters. The third kappa shape index (κ3) is 4.74. The van der Waals surface area contributed by atoms with Crippen molar-refractivity contribution in [2.24, 2.45) is 5.92 Å². The number of amides is 2. The maximum atomic E-state index is 12.6. The highest BCUT2D eigenvalue weighted by Gasteiger charge is 2.28. The zero-order valence-corrected chi connectivity index (χ0v) is 15.5. The fourth-order valence-electron chi connectivity index (χ4n) is 3.14. The molecule has 1 saturated heterocycles. The van der Waals surface area contributed by atoms with Gasteiger partial charge in [-0.15, -0.1) is 0 Å². The van der Waals surface area contributed by atoms with Gasteiger partial charge in [-0.3, -0.25) is 14.4 Å². The van der Waals surface area contributed by atoms with Gasteiger partial charge in [0.25, 0.3) is 0 Å². The third-order valence-corrected chi connectivity index (χ3v) is 4.91. The lowest BCUT2D eigenvalue weighted by Gasteiger charge is -2.32. The predicted molar refractivity (Wildman–Crippen MR) is 96.0 cm³/mol. The van der Waals surface area contributed by atoms with Gasteiger partial charge in [0, 0.05) is 20.1 Å². The summed E-state index contributed by atoms with van der Waals surface area (Å²) >= 11 is 0. The number of benzene rings is 1. The number of carboxylic acid groups (broad SMARTS) is 1. The number of rotatable bonds is 6. The van der Waals surface area contributed by atoms with Crippen molar-refractivity contribution in [1.29, 1.82) is 0 Å². The molecule has 1 N–H and O–H groups in total. The van der Waals surface area contributed by atoms with E-state index in [1.165, 1.54) is 4.90 Å². The first-order chi connectivity index (χ1) is 12.3. The molecule has 0 aromatic heterocycles. The quantitative estimate of drug-likeness (QED) is 0.830. The predicted octanol–water partition coefficient (Wildman–Crippen LogP) is 1.58. The summed E-state index contributed by atoms with van der Waals surface area (Å²) in [4.78, 5) is 39.1. The lowest BCUT2D eigenvalue weighted by atomic mass is 9.97. The number of carboxylic acids is 1. The van der Waals surface area contributed by atoms with E-state index in [-0.39, 0.29) is 30.2 Å². The molecule has 1 fully saturated rings. The lowest BCUT2D eigenvalue weighted by molar-refractivity contribution is -0.146. The third-order valence-electron chi connectivity index (χ3n) is 4.91. The van der Waals surface area contributed by atoms with Crippen molar-refractivity contribution in [1.82, 2.24) is 9.80 Å². The van der Waals surface area contributed by atoms with Crippen molar-refractivity contribution >= 4 is 17.8 Å². The largest absolute Gasteiger partial charge is 0.497 e. The van der Waals surface area contributed by atoms with Crippen molar-refractivity contribution in [2.45, 2.75) is 25.7 Å². The number of hydrogen-bond acceptors (Lipinski definition) is 4. The molecule has 1 aliphatic rings. The van der Waals surface area contributed by atoms with E-state index in [0.29, 0.717) is 31.7 Å². The number of methoxy groups -OCH3 is 1. The van der Waals surface area contributed by atoms with Crippen molar-refractivity contribution in [3.05, 3.63) is 29.8 Å². The highest BCUT2D eigenvalue weighted by molar-refractivity contribution is 5.88. The second kappa shape index (κ2) is 8.69. The summed E-state index contributed by atoms with van der Waals surface area (Å²) in [7, 11) is 3.19. The van der Waals surface area contributed by atoms with Gasteiger partial charge < -0.3 is 19.6 Å². The van der Waals surface area contributed by atoms with E-state index in [9.17, 15) is 14.4 Å². The summed E-state index contributed by atoms with van der Waals surface area (Å²) in [6.45, 7) is 2.63. The number of nitrogens with zero attached hydrogens (tertiary/aromatic N) is 2. The minimum atomic E-state index is -0.809. The van der Waals surface area contributed by atoms with Crippen LogP contribution < -0.4 is 4.74 Å². The average Bonchev–Trinajstić information content (AvgIpc) is 2.66. The van der Waals surface area contributed by atoms with E-state index in [1.807, 2.05) is 24.3 Å². The van der Waals surface area contributed by atoms with Gasteiger partial charge in [-0.05, 0) is 37.5 Å². The summed E-state index contributed by atoms with van der Waals surface area (Å²) in [6, 6.07) is 7.32. The summed E-state index contributed by atoms with van der Waals surface area (Å²) < 4.78 is 5.19. The molecule has 7 nitrogen and oxygen atoms in total. The second-order valence-electron chi connectivity index (χ2n) is 6.69. The molecule has 2 rings (SSSR count). The summed E-state index contributed by atoms with van der Waals surface area (Å²) in [6.07, 6.45) is 0.915. The number of hydrogen-bond donors (Lipinski definition) is 1. The molecule has 26 heavy (non-hydrogen) atoms. The van der Waals surface area contributed by atoms with Gasteiger partial charge in [0.05, 0.1) is 25.5 Å². The minimum absolute atomic E-state index is 0.00905. The van der Waals surface area contributed by atoms with Crippen LogP contribution in [0.2, 0.25) is 0 Å². The number of aliphatic carboxylic acids is 1. The Morgan fingerprint density at radius 3 is 2.54 bits per heavy atom. The molecule has 0 saturated carbocycles. The molecule has 1 aliphatic heterocycles. The van der Waals surface area contributed by atoms with Crippen LogP contribution in [-0.2, 0) is 14.4 Å². The van der Waals surface area contributed by atoms with Gasteiger partial charge in [0.1, 0.15) is 5.75 Å². The molecule has 142 valence electrons. The first kappa shape index (κ1) is 19.8. The monoisotopic (exact) mass is 362 g/mol. The number of likely N-dealkylation sites (tertiary alicyclic amines) is 1. The molecule has 1 aromatic rings. The number of ether oxygens (including phenoxy) is 1. The van der Waals surface area contributed by atoms with Crippen molar-refractivity contribution in [3.8, 4) is 5.75 Å². The van der Waals surface area contributed by atoms with Crippen LogP contribution in [0.5, 0.6) is 5.75 Å². The van der Waals surface area contributed by atoms with Gasteiger partial charge >= 0.3 is 5.97 Å². The van der Waals surface area contributed by atoms with E-state index in [1.54, 1.807) is 26.0 Å². The fraction of sp³-hybridized carbons (Fsp3) is 0.526. The van der Waals surface area contributed by atoms with Gasteiger partial charge in [0.15, 0.2) is 0 Å². The van der Waals surface area contributed by atoms with Crippen molar-refractivity contribution in [3.63, 3.8) is 0 Å². The number of carbonyl (C=O) groups is 3. The van der Waals surface area contributed by atoms with Gasteiger partial charge in [-0.1, -0.05) is 12.1 Å². The summed E-state index contributed by atoms with van der Waals surface area (Å²) in [5, 5.41) is 9.02. The standard InChI is InChI=1S/C19H26N2O5/c1-13(15-5-4-6-16(11-15)26-3)18(23)20(2)12-17(22)21-9-7-14(8-10-21)19(24)25/h4-6,11,13-14H,7-10,12H2,1-3H3,(H,24,25). The Balaban J connectivity index is 1.91. The highest BCUT2D eigenvalue weighted by Crippen LogP contribution is 2.22. The first-order valence-corrected chi connectivity index (χ1v) is 8.73. The smallest absolute Gasteiger partial charge is 0.306 e. The van der Waals surface area contributed by atoms with Crippen LogP contribution >= 0.6 is 0 Å². The Hall–Kier alpha value is -2.57. The van der Waals surface area contributed by atoms with Crippen molar-refractivity contribution in [2.75, 3.05) is 33.8 Å². The maximum absolute atomic E-state index is 12.6. The normalized spacial score (nSPS) is 16.0. The van der Waals surface area contributed by atoms with Crippen LogP contribution in [0.4, 0.5) is 0 Å². The molecule has 1 unspecified atom stereocenters. The average molecular weight is 362 g/mol. The van der Waals surface area contributed by atoms with E-state index in [4.69, 9.17) is 9.84 Å². The Morgan fingerprint density at radius 1 is 1.31 bits per heavy atom. The van der Waals surface area contributed by atoms with Crippen LogP contribution in [-0.4, -0.2) is 66.5 Å². The Labute approximate surface area is 153 Å². The second-order valence-corrected chi connectivity index (χ2v) is 6.69. The number of piperidine rings is 1. The topological polar surface area (TPSA) is 87.2 Å². The Bertz CT molecular complexity index is 668. The Morgan fingerprint density at radius 2 is 1.96 bits per heavy atom. The molecule has 7 heteroatoms. The van der Waals surface area contributed by atoms with Crippen molar-refractivity contribution < 1.29 is 24.2 Å². The lowest BCUT2D eigenvalue weighted by Crippen LogP contribution is -2.46. The van der Waals surface area contributed by atoms with Crippen LogP contribution in [0.15, 0.2) is 24.3 Å². The fourth-order valence-corrected chi connectivity index (χ4v) is 3.14. The number of likely N-dealkylation sites (N-methyl/N-ethyl adjacent to an activating group) is 1. The molecule has 1 heterocycles. The zero-order chi connectivity index (χ0) is 19.3. The molecular formula is C19H26N2O5. The van der Waals surface area contributed by atoms with E-state index < -0.39 is 5.97 Å². The van der Waals surface area contributed by atoms with E-state index in [0.717, 1.165) is 5.56 Å². The summed E-state index contributed by atoms with van der Waals surface area (Å²) in [5.74, 6) is -1.19. The van der Waals surface area contributed by atoms with Crippen LogP contribution in [0, 0.1) is 5.92 Å². The maximum Gasteiger partial charge on any atom is 0.306 e.